The normalized spacial score (nSPS) is 15.9. The van der Waals surface area contributed by atoms with Crippen molar-refractivity contribution in [3.63, 3.8) is 0 Å². The molecule has 2 rings (SSSR count). The first-order valence-electron chi connectivity index (χ1n) is 8.16. The molecule has 0 unspecified atom stereocenters. The van der Waals surface area contributed by atoms with Crippen LogP contribution in [-0.4, -0.2) is 39.3 Å². The van der Waals surface area contributed by atoms with Gasteiger partial charge in [-0.3, -0.25) is 4.79 Å². The van der Waals surface area contributed by atoms with Gasteiger partial charge in [-0.15, -0.1) is 0 Å². The molecule has 6 heteroatoms. The lowest BCUT2D eigenvalue weighted by Gasteiger charge is -2.35. The zero-order valence-corrected chi connectivity index (χ0v) is 15.1. The van der Waals surface area contributed by atoms with Crippen LogP contribution in [-0.2, 0) is 19.4 Å². The van der Waals surface area contributed by atoms with Gasteiger partial charge in [-0.1, -0.05) is 18.7 Å². The molecule has 5 nitrogen and oxygen atoms in total. The molecule has 0 spiro atoms. The van der Waals surface area contributed by atoms with E-state index in [0.717, 1.165) is 35.1 Å². The first-order valence-corrected chi connectivity index (χ1v) is 9.88. The second kappa shape index (κ2) is 7.94. The van der Waals surface area contributed by atoms with Gasteiger partial charge < -0.3 is 9.64 Å². The lowest BCUT2D eigenvalue weighted by molar-refractivity contribution is -0.119. The average Bonchev–Trinajstić information content (AvgIpc) is 2.57. The van der Waals surface area contributed by atoms with Crippen molar-refractivity contribution in [3.8, 4) is 0 Å². The summed E-state index contributed by atoms with van der Waals surface area (Å²) in [5.41, 5.74) is 2.94. The summed E-state index contributed by atoms with van der Waals surface area (Å²) in [4.78, 5) is 14.6. The Kier molecular flexibility index (Phi) is 6.18. The van der Waals surface area contributed by atoms with Gasteiger partial charge in [-0.2, -0.15) is 0 Å². The molecule has 1 aliphatic rings. The van der Waals surface area contributed by atoms with E-state index in [2.05, 4.69) is 6.58 Å². The van der Waals surface area contributed by atoms with Crippen molar-refractivity contribution in [2.24, 2.45) is 0 Å². The topological polar surface area (TPSA) is 63.7 Å². The fourth-order valence-electron chi connectivity index (χ4n) is 2.89. The quantitative estimate of drug-likeness (QED) is 0.790. The molecule has 0 atom stereocenters. The van der Waals surface area contributed by atoms with E-state index in [1.54, 1.807) is 4.90 Å². The third kappa shape index (κ3) is 4.68. The number of ether oxygens (including phenoxy) is 1. The summed E-state index contributed by atoms with van der Waals surface area (Å²) in [6, 6.07) is 6.03. The number of aryl methyl sites for hydroxylation is 2. The van der Waals surface area contributed by atoms with Crippen LogP contribution < -0.4 is 4.90 Å². The van der Waals surface area contributed by atoms with Gasteiger partial charge in [-0.25, -0.2) is 8.42 Å². The van der Waals surface area contributed by atoms with E-state index in [1.165, 1.54) is 0 Å². The summed E-state index contributed by atoms with van der Waals surface area (Å²) in [5.74, 6) is -0.374. The van der Waals surface area contributed by atoms with E-state index in [9.17, 15) is 13.2 Å². The van der Waals surface area contributed by atoms with Gasteiger partial charge >= 0.3 is 0 Å². The fraction of sp³-hybridized carbons (Fsp3) is 0.500. The number of hydrogen-bond donors (Lipinski definition) is 0. The minimum Gasteiger partial charge on any atom is -0.381 e. The van der Waals surface area contributed by atoms with Gasteiger partial charge in [0.15, 0.2) is 9.84 Å². The predicted octanol–water partition coefficient (Wildman–Crippen LogP) is 2.76. The highest BCUT2D eigenvalue weighted by Crippen LogP contribution is 2.28. The molecule has 0 aliphatic carbocycles. The molecular formula is C18H25NO4S. The van der Waals surface area contributed by atoms with Gasteiger partial charge in [0.25, 0.3) is 0 Å². The van der Waals surface area contributed by atoms with Gasteiger partial charge in [0.05, 0.1) is 5.75 Å². The van der Waals surface area contributed by atoms with E-state index in [0.29, 0.717) is 13.2 Å². The highest BCUT2D eigenvalue weighted by Gasteiger charge is 2.28. The Morgan fingerprint density at radius 2 is 2.00 bits per heavy atom. The van der Waals surface area contributed by atoms with Crippen LogP contribution in [0.25, 0.3) is 0 Å². The van der Waals surface area contributed by atoms with Crippen LogP contribution in [0.3, 0.4) is 0 Å². The van der Waals surface area contributed by atoms with Crippen LogP contribution in [0.2, 0.25) is 0 Å². The van der Waals surface area contributed by atoms with Gasteiger partial charge in [-0.05, 0) is 43.9 Å². The third-order valence-electron chi connectivity index (χ3n) is 4.30. The van der Waals surface area contributed by atoms with Crippen molar-refractivity contribution >= 4 is 21.4 Å². The molecule has 1 saturated heterocycles. The number of anilines is 1. The molecule has 1 aromatic carbocycles. The van der Waals surface area contributed by atoms with Crippen molar-refractivity contribution in [2.75, 3.05) is 23.9 Å². The molecule has 0 N–H and O–H groups in total. The number of benzene rings is 1. The van der Waals surface area contributed by atoms with E-state index in [-0.39, 0.29) is 24.1 Å². The number of amides is 1. The minimum absolute atomic E-state index is 0.0400. The van der Waals surface area contributed by atoms with E-state index < -0.39 is 9.84 Å². The first kappa shape index (κ1) is 18.7. The van der Waals surface area contributed by atoms with E-state index in [1.807, 2.05) is 32.0 Å². The third-order valence-corrected chi connectivity index (χ3v) is 5.58. The van der Waals surface area contributed by atoms with Gasteiger partial charge in [0, 0.05) is 36.8 Å². The Hall–Kier alpha value is -1.66. The Morgan fingerprint density at radius 1 is 1.33 bits per heavy atom. The molecule has 1 heterocycles. The number of rotatable bonds is 6. The molecule has 1 aliphatic heterocycles. The smallest absolute Gasteiger partial charge is 0.228 e. The molecular weight excluding hydrogens is 326 g/mol. The zero-order valence-electron chi connectivity index (χ0n) is 14.3. The molecule has 0 bridgehead atoms. The van der Waals surface area contributed by atoms with Crippen LogP contribution in [0, 0.1) is 13.8 Å². The monoisotopic (exact) mass is 351 g/mol. The number of nitrogens with zero attached hydrogens (tertiary/aromatic N) is 1. The average molecular weight is 351 g/mol. The van der Waals surface area contributed by atoms with Crippen molar-refractivity contribution in [1.29, 1.82) is 0 Å². The number of carbonyl (C=O) groups excluding carboxylic acids is 1. The lowest BCUT2D eigenvalue weighted by atomic mass is 10.0. The molecule has 0 saturated carbocycles. The van der Waals surface area contributed by atoms with Crippen molar-refractivity contribution in [3.05, 3.63) is 41.3 Å². The summed E-state index contributed by atoms with van der Waals surface area (Å²) in [5, 5.41) is 0.914. The molecule has 1 amide bonds. The second-order valence-electron chi connectivity index (χ2n) is 6.18. The highest BCUT2D eigenvalue weighted by molar-refractivity contribution is 7.94. The summed E-state index contributed by atoms with van der Waals surface area (Å²) < 4.78 is 28.7. The Bertz CT molecular complexity index is 706. The summed E-state index contributed by atoms with van der Waals surface area (Å²) >= 11 is 0. The summed E-state index contributed by atoms with van der Waals surface area (Å²) in [6.07, 6.45) is 1.47. The molecule has 0 radical (unpaired) electrons. The van der Waals surface area contributed by atoms with Crippen LogP contribution >= 0.6 is 0 Å². The second-order valence-corrected chi connectivity index (χ2v) is 8.25. The largest absolute Gasteiger partial charge is 0.381 e. The number of sulfone groups is 1. The van der Waals surface area contributed by atoms with E-state index in [4.69, 9.17) is 4.74 Å². The minimum atomic E-state index is -3.39. The highest BCUT2D eigenvalue weighted by atomic mass is 32.2. The van der Waals surface area contributed by atoms with E-state index >= 15 is 0 Å². The van der Waals surface area contributed by atoms with Crippen LogP contribution in [0.5, 0.6) is 0 Å². The van der Waals surface area contributed by atoms with Crippen molar-refractivity contribution < 1.29 is 17.9 Å². The molecule has 1 fully saturated rings. The Labute approximate surface area is 144 Å². The molecule has 132 valence electrons. The van der Waals surface area contributed by atoms with Gasteiger partial charge in [0.1, 0.15) is 0 Å². The lowest BCUT2D eigenvalue weighted by Crippen LogP contribution is -2.44. The van der Waals surface area contributed by atoms with Crippen molar-refractivity contribution in [2.45, 2.75) is 39.2 Å². The standard InChI is InChI=1S/C18H25NO4S/c1-4-24(21,22)12-9-18(20)19(16-7-10-23-11-8-16)17-13-14(2)5-6-15(17)3/h4-6,13,16H,1,7-12H2,2-3H3. The maximum Gasteiger partial charge on any atom is 0.228 e. The first-order chi connectivity index (χ1) is 11.3. The molecule has 0 aromatic heterocycles. The summed E-state index contributed by atoms with van der Waals surface area (Å²) in [7, 11) is -3.39. The number of hydrogen-bond acceptors (Lipinski definition) is 4. The SMILES string of the molecule is C=CS(=O)(=O)CCC(=O)N(c1cc(C)ccc1C)C1CCOCC1. The molecule has 24 heavy (non-hydrogen) atoms. The van der Waals surface area contributed by atoms with Crippen LogP contribution in [0.15, 0.2) is 30.2 Å². The maximum atomic E-state index is 12.9. The molecule has 1 aromatic rings. The van der Waals surface area contributed by atoms with Crippen LogP contribution in [0.4, 0.5) is 5.69 Å². The summed E-state index contributed by atoms with van der Waals surface area (Å²) in [6.45, 7) is 8.48. The fourth-order valence-corrected chi connectivity index (χ4v) is 3.52. The van der Waals surface area contributed by atoms with Gasteiger partial charge in [0.2, 0.25) is 5.91 Å². The number of carbonyl (C=O) groups is 1. The Balaban J connectivity index is 2.30. The van der Waals surface area contributed by atoms with Crippen molar-refractivity contribution in [1.82, 2.24) is 0 Å². The van der Waals surface area contributed by atoms with Crippen LogP contribution in [0.1, 0.15) is 30.4 Å². The predicted molar refractivity (Wildman–Crippen MR) is 95.8 cm³/mol. The maximum absolute atomic E-state index is 12.9. The Morgan fingerprint density at radius 3 is 2.62 bits per heavy atom. The zero-order chi connectivity index (χ0) is 17.7.